The molecule has 1 aliphatic carbocycles. The van der Waals surface area contributed by atoms with Crippen molar-refractivity contribution in [3.8, 4) is 0 Å². The molecule has 4 heteroatoms. The zero-order chi connectivity index (χ0) is 13.0. The molecule has 1 aromatic carbocycles. The average molecular weight is 256 g/mol. The lowest BCUT2D eigenvalue weighted by molar-refractivity contribution is -0.126. The molecule has 4 aliphatic rings. The van der Waals surface area contributed by atoms with Gasteiger partial charge in [-0.2, -0.15) is 0 Å². The molecule has 98 valence electrons. The van der Waals surface area contributed by atoms with E-state index in [4.69, 9.17) is 0 Å². The quantitative estimate of drug-likeness (QED) is 0.767. The minimum Gasteiger partial charge on any atom is -0.313 e. The van der Waals surface area contributed by atoms with Gasteiger partial charge in [0, 0.05) is 6.04 Å². The highest BCUT2D eigenvalue weighted by molar-refractivity contribution is 6.22. The summed E-state index contributed by atoms with van der Waals surface area (Å²) in [7, 11) is 0. The lowest BCUT2D eigenvalue weighted by atomic mass is 9.67. The third-order valence-corrected chi connectivity index (χ3v) is 4.84. The van der Waals surface area contributed by atoms with Crippen molar-refractivity contribution < 1.29 is 9.59 Å². The number of anilines is 1. The van der Waals surface area contributed by atoms with Crippen LogP contribution in [-0.4, -0.2) is 24.4 Å². The van der Waals surface area contributed by atoms with Crippen molar-refractivity contribution in [1.29, 1.82) is 0 Å². The maximum Gasteiger partial charge on any atom is 0.239 e. The second-order valence-corrected chi connectivity index (χ2v) is 5.75. The van der Waals surface area contributed by atoms with Gasteiger partial charge in [-0.25, -0.2) is 4.90 Å². The minimum atomic E-state index is -0.139. The smallest absolute Gasteiger partial charge is 0.239 e. The largest absolute Gasteiger partial charge is 0.313 e. The third-order valence-electron chi connectivity index (χ3n) is 4.84. The van der Waals surface area contributed by atoms with Gasteiger partial charge in [-0.3, -0.25) is 9.59 Å². The molecule has 4 atom stereocenters. The van der Waals surface area contributed by atoms with Crippen molar-refractivity contribution in [2.75, 3.05) is 11.4 Å². The average Bonchev–Trinajstić information content (AvgIpc) is 2.75. The van der Waals surface area contributed by atoms with E-state index >= 15 is 0 Å². The molecule has 5 rings (SSSR count). The first-order valence-electron chi connectivity index (χ1n) is 6.93. The molecule has 2 unspecified atom stereocenters. The second-order valence-electron chi connectivity index (χ2n) is 5.75. The molecule has 4 nitrogen and oxygen atoms in total. The molecule has 0 aromatic heterocycles. The second kappa shape index (κ2) is 3.90. The van der Waals surface area contributed by atoms with Gasteiger partial charge in [0.1, 0.15) is 0 Å². The molecule has 2 amide bonds. The first kappa shape index (κ1) is 11.2. The van der Waals surface area contributed by atoms with Gasteiger partial charge >= 0.3 is 0 Å². The number of fused-ring (bicyclic) bond motifs is 2. The number of para-hydroxylation sites is 1. The Morgan fingerprint density at radius 1 is 1.00 bits per heavy atom. The molecule has 19 heavy (non-hydrogen) atoms. The monoisotopic (exact) mass is 256 g/mol. The first-order chi connectivity index (χ1) is 9.27. The van der Waals surface area contributed by atoms with E-state index in [1.54, 1.807) is 0 Å². The lowest BCUT2D eigenvalue weighted by Crippen LogP contribution is -2.56. The molecule has 3 heterocycles. The summed E-state index contributed by atoms with van der Waals surface area (Å²) in [5.74, 6) is 0.105. The van der Waals surface area contributed by atoms with Gasteiger partial charge in [-0.1, -0.05) is 18.2 Å². The summed E-state index contributed by atoms with van der Waals surface area (Å²) in [4.78, 5) is 26.6. The summed E-state index contributed by atoms with van der Waals surface area (Å²) in [6.07, 6.45) is 2.09. The Morgan fingerprint density at radius 2 is 1.74 bits per heavy atom. The van der Waals surface area contributed by atoms with Gasteiger partial charge < -0.3 is 5.32 Å². The molecule has 0 radical (unpaired) electrons. The van der Waals surface area contributed by atoms with Crippen molar-refractivity contribution in [1.82, 2.24) is 5.32 Å². The van der Waals surface area contributed by atoms with E-state index in [0.717, 1.165) is 19.4 Å². The van der Waals surface area contributed by atoms with Crippen molar-refractivity contribution in [2.45, 2.75) is 18.9 Å². The summed E-state index contributed by atoms with van der Waals surface area (Å²) in [5, 5.41) is 3.41. The molecular formula is C15H16N2O2. The van der Waals surface area contributed by atoms with E-state index in [9.17, 15) is 9.59 Å². The molecule has 4 fully saturated rings. The number of benzene rings is 1. The van der Waals surface area contributed by atoms with Crippen LogP contribution in [0.25, 0.3) is 0 Å². The van der Waals surface area contributed by atoms with E-state index in [0.29, 0.717) is 11.6 Å². The molecule has 3 aliphatic heterocycles. The van der Waals surface area contributed by atoms with E-state index in [-0.39, 0.29) is 29.7 Å². The van der Waals surface area contributed by atoms with E-state index in [1.807, 2.05) is 30.3 Å². The minimum absolute atomic E-state index is 0.0110. The highest BCUT2D eigenvalue weighted by atomic mass is 16.2. The first-order valence-corrected chi connectivity index (χ1v) is 6.93. The van der Waals surface area contributed by atoms with Crippen LogP contribution in [0.2, 0.25) is 0 Å². The Morgan fingerprint density at radius 3 is 2.37 bits per heavy atom. The number of hydrogen-bond acceptors (Lipinski definition) is 3. The molecule has 0 spiro atoms. The Hall–Kier alpha value is -1.68. The van der Waals surface area contributed by atoms with Gasteiger partial charge in [0.25, 0.3) is 0 Å². The van der Waals surface area contributed by atoms with Crippen LogP contribution in [0.15, 0.2) is 30.3 Å². The van der Waals surface area contributed by atoms with Crippen LogP contribution in [-0.2, 0) is 9.59 Å². The van der Waals surface area contributed by atoms with Gasteiger partial charge in [0.05, 0.1) is 17.5 Å². The van der Waals surface area contributed by atoms with Crippen molar-refractivity contribution >= 4 is 17.5 Å². The molecular weight excluding hydrogens is 240 g/mol. The third kappa shape index (κ3) is 1.43. The molecule has 2 bridgehead atoms. The van der Waals surface area contributed by atoms with E-state index in [2.05, 4.69) is 5.32 Å². The van der Waals surface area contributed by atoms with Crippen LogP contribution in [0.4, 0.5) is 5.69 Å². The van der Waals surface area contributed by atoms with Crippen LogP contribution in [0.3, 0.4) is 0 Å². The Kier molecular flexibility index (Phi) is 2.30. The van der Waals surface area contributed by atoms with Gasteiger partial charge in [0.15, 0.2) is 0 Å². The standard InChI is InChI=1S/C15H16N2O2/c18-14-12-9-6-7-11(16-8-9)13(12)15(19)17(14)10-4-2-1-3-5-10/h1-5,9,11-13,16H,6-8H2/t9?,11?,12-,13+/m0/s1. The summed E-state index contributed by atoms with van der Waals surface area (Å²) in [5.41, 5.74) is 0.714. The maximum absolute atomic E-state index is 12.6. The van der Waals surface area contributed by atoms with Gasteiger partial charge in [0.2, 0.25) is 11.8 Å². The number of carbonyl (C=O) groups is 2. The lowest BCUT2D eigenvalue weighted by Gasteiger charge is -2.43. The molecule has 3 saturated heterocycles. The zero-order valence-electron chi connectivity index (χ0n) is 10.6. The maximum atomic E-state index is 12.6. The number of nitrogens with zero attached hydrogens (tertiary/aromatic N) is 1. The van der Waals surface area contributed by atoms with Crippen LogP contribution in [0.1, 0.15) is 12.8 Å². The Balaban J connectivity index is 1.76. The van der Waals surface area contributed by atoms with Crippen LogP contribution >= 0.6 is 0 Å². The number of carbonyl (C=O) groups excluding carboxylic acids is 2. The Labute approximate surface area is 111 Å². The molecule has 1 saturated carbocycles. The fourth-order valence-electron chi connectivity index (χ4n) is 3.98. The number of imide groups is 1. The zero-order valence-corrected chi connectivity index (χ0v) is 10.6. The Bertz CT molecular complexity index is 504. The number of hydrogen-bond donors (Lipinski definition) is 1. The van der Waals surface area contributed by atoms with Crippen molar-refractivity contribution in [2.24, 2.45) is 17.8 Å². The highest BCUT2D eigenvalue weighted by Crippen LogP contribution is 2.45. The number of piperidine rings is 2. The predicted molar refractivity (Wildman–Crippen MR) is 70.4 cm³/mol. The fraction of sp³-hybridized carbons (Fsp3) is 0.467. The fourth-order valence-corrected chi connectivity index (χ4v) is 3.98. The van der Waals surface area contributed by atoms with Gasteiger partial charge in [-0.15, -0.1) is 0 Å². The summed E-state index contributed by atoms with van der Waals surface area (Å²) in [6, 6.07) is 9.49. The summed E-state index contributed by atoms with van der Waals surface area (Å²) < 4.78 is 0. The van der Waals surface area contributed by atoms with Crippen LogP contribution < -0.4 is 10.2 Å². The molecule has 1 aromatic rings. The van der Waals surface area contributed by atoms with E-state index in [1.165, 1.54) is 4.90 Å². The van der Waals surface area contributed by atoms with Crippen LogP contribution in [0.5, 0.6) is 0 Å². The van der Waals surface area contributed by atoms with Crippen LogP contribution in [0, 0.1) is 17.8 Å². The SMILES string of the molecule is O=C1[C@@H]2C3CCC(CN3)[C@@H]2C(=O)N1c1ccccc1. The molecule has 1 N–H and O–H groups in total. The number of rotatable bonds is 1. The number of nitrogens with one attached hydrogen (secondary N) is 1. The summed E-state index contributed by atoms with van der Waals surface area (Å²) >= 11 is 0. The normalized spacial score (nSPS) is 36.7. The van der Waals surface area contributed by atoms with Crippen molar-refractivity contribution in [3.05, 3.63) is 30.3 Å². The highest BCUT2D eigenvalue weighted by Gasteiger charge is 2.58. The predicted octanol–water partition coefficient (Wildman–Crippen LogP) is 1.17. The number of amides is 2. The van der Waals surface area contributed by atoms with Gasteiger partial charge in [-0.05, 0) is 37.4 Å². The van der Waals surface area contributed by atoms with Crippen molar-refractivity contribution in [3.63, 3.8) is 0 Å². The topological polar surface area (TPSA) is 49.4 Å². The van der Waals surface area contributed by atoms with E-state index < -0.39 is 0 Å². The summed E-state index contributed by atoms with van der Waals surface area (Å²) in [6.45, 7) is 0.882.